The molecule has 1 saturated heterocycles. The Kier molecular flexibility index (Phi) is 7.31. The number of hydrogen-bond donors (Lipinski definition) is 1. The molecular weight excluding hydrogens is 467 g/mol. The van der Waals surface area contributed by atoms with E-state index in [9.17, 15) is 18.8 Å². The van der Waals surface area contributed by atoms with Gasteiger partial charge >= 0.3 is 0 Å². The summed E-state index contributed by atoms with van der Waals surface area (Å²) in [5.41, 5.74) is 4.00. The molecule has 0 saturated carbocycles. The molecule has 4 rings (SSSR count). The first-order valence-electron chi connectivity index (χ1n) is 10.9. The van der Waals surface area contributed by atoms with E-state index >= 15 is 0 Å². The molecule has 3 aromatic rings. The molecule has 0 bridgehead atoms. The number of thioether (sulfide) groups is 1. The average molecular weight is 491 g/mol. The Labute approximate surface area is 206 Å². The molecule has 0 aromatic heterocycles. The monoisotopic (exact) mass is 490 g/mol. The summed E-state index contributed by atoms with van der Waals surface area (Å²) in [6.07, 6.45) is 1.58. The van der Waals surface area contributed by atoms with Gasteiger partial charge in [0.1, 0.15) is 24.7 Å². The van der Waals surface area contributed by atoms with Gasteiger partial charge in [-0.05, 0) is 78.7 Å². The maximum Gasteiger partial charge on any atom is 0.294 e. The summed E-state index contributed by atoms with van der Waals surface area (Å²) in [7, 11) is 0. The quantitative estimate of drug-likeness (QED) is 0.430. The summed E-state index contributed by atoms with van der Waals surface area (Å²) in [6, 6.07) is 18.7. The van der Waals surface area contributed by atoms with Crippen LogP contribution in [0.2, 0.25) is 0 Å². The van der Waals surface area contributed by atoms with E-state index in [2.05, 4.69) is 5.32 Å². The lowest BCUT2D eigenvalue weighted by Gasteiger charge is -2.13. The normalized spacial score (nSPS) is 14.5. The highest BCUT2D eigenvalue weighted by molar-refractivity contribution is 8.18. The number of nitrogens with one attached hydrogen (secondary N) is 1. The Hall–Kier alpha value is -3.91. The minimum Gasteiger partial charge on any atom is -0.488 e. The van der Waals surface area contributed by atoms with Crippen LogP contribution in [0.15, 0.2) is 71.6 Å². The highest BCUT2D eigenvalue weighted by Crippen LogP contribution is 2.34. The fraction of sp³-hybridized carbons (Fsp3) is 0.148. The van der Waals surface area contributed by atoms with Crippen molar-refractivity contribution in [1.29, 1.82) is 0 Å². The number of ether oxygens (including phenoxy) is 1. The third kappa shape index (κ3) is 6.16. The number of rotatable bonds is 7. The molecule has 8 heteroatoms. The summed E-state index contributed by atoms with van der Waals surface area (Å²) >= 11 is 0.776. The fourth-order valence-electron chi connectivity index (χ4n) is 3.64. The van der Waals surface area contributed by atoms with Crippen molar-refractivity contribution in [3.63, 3.8) is 0 Å². The van der Waals surface area contributed by atoms with E-state index in [1.165, 1.54) is 12.1 Å². The van der Waals surface area contributed by atoms with Crippen molar-refractivity contribution in [2.24, 2.45) is 0 Å². The lowest BCUT2D eigenvalue weighted by Crippen LogP contribution is -2.36. The summed E-state index contributed by atoms with van der Waals surface area (Å²) < 4.78 is 19.0. The lowest BCUT2D eigenvalue weighted by atomic mass is 10.1. The van der Waals surface area contributed by atoms with E-state index in [-0.39, 0.29) is 23.9 Å². The van der Waals surface area contributed by atoms with Crippen molar-refractivity contribution in [1.82, 2.24) is 4.90 Å². The zero-order valence-corrected chi connectivity index (χ0v) is 20.0. The summed E-state index contributed by atoms with van der Waals surface area (Å²) in [5, 5.41) is 2.23. The van der Waals surface area contributed by atoms with Gasteiger partial charge in [0.15, 0.2) is 0 Å². The van der Waals surface area contributed by atoms with Gasteiger partial charge < -0.3 is 10.1 Å². The number of aryl methyl sites for hydroxylation is 2. The molecule has 6 nitrogen and oxygen atoms in total. The topological polar surface area (TPSA) is 75.7 Å². The van der Waals surface area contributed by atoms with Gasteiger partial charge in [0.05, 0.1) is 4.91 Å². The average Bonchev–Trinajstić information content (AvgIpc) is 3.06. The van der Waals surface area contributed by atoms with Crippen LogP contribution in [0.3, 0.4) is 0 Å². The highest BCUT2D eigenvalue weighted by Gasteiger charge is 2.36. The van der Waals surface area contributed by atoms with Gasteiger partial charge in [-0.3, -0.25) is 19.3 Å². The largest absolute Gasteiger partial charge is 0.488 e. The van der Waals surface area contributed by atoms with Gasteiger partial charge in [-0.1, -0.05) is 36.4 Å². The van der Waals surface area contributed by atoms with Crippen molar-refractivity contribution in [3.05, 3.63) is 99.7 Å². The maximum atomic E-state index is 13.1. The van der Waals surface area contributed by atoms with Gasteiger partial charge in [0, 0.05) is 11.3 Å². The number of carbonyl (C=O) groups excluding carboxylic acids is 3. The zero-order valence-electron chi connectivity index (χ0n) is 19.2. The van der Waals surface area contributed by atoms with E-state index in [4.69, 9.17) is 4.74 Å². The molecule has 178 valence electrons. The molecule has 1 aliphatic rings. The van der Waals surface area contributed by atoms with Crippen LogP contribution in [0.4, 0.5) is 14.9 Å². The van der Waals surface area contributed by atoms with E-state index in [1.54, 1.807) is 42.5 Å². The first-order valence-corrected chi connectivity index (χ1v) is 11.7. The molecule has 1 heterocycles. The number of anilines is 1. The molecular formula is C27H23FN2O4S. The van der Waals surface area contributed by atoms with Crippen molar-refractivity contribution < 1.29 is 23.5 Å². The molecule has 0 aliphatic carbocycles. The third-order valence-electron chi connectivity index (χ3n) is 5.19. The first kappa shape index (κ1) is 24.2. The Balaban J connectivity index is 1.44. The summed E-state index contributed by atoms with van der Waals surface area (Å²) in [4.78, 5) is 39.0. The van der Waals surface area contributed by atoms with Gasteiger partial charge in [-0.25, -0.2) is 4.39 Å². The number of nitrogens with zero attached hydrogens (tertiary/aromatic N) is 1. The Morgan fingerprint density at radius 3 is 2.43 bits per heavy atom. The number of amides is 3. The molecule has 1 fully saturated rings. The Morgan fingerprint density at radius 2 is 1.71 bits per heavy atom. The van der Waals surface area contributed by atoms with Crippen molar-refractivity contribution in [3.8, 4) is 5.75 Å². The fourth-order valence-corrected chi connectivity index (χ4v) is 4.47. The molecule has 1 N–H and O–H groups in total. The Morgan fingerprint density at radius 1 is 1.03 bits per heavy atom. The van der Waals surface area contributed by atoms with Gasteiger partial charge in [-0.2, -0.15) is 0 Å². The van der Waals surface area contributed by atoms with E-state index < -0.39 is 17.1 Å². The minimum absolute atomic E-state index is 0.201. The van der Waals surface area contributed by atoms with Gasteiger partial charge in [0.25, 0.3) is 11.1 Å². The number of imide groups is 1. The number of hydrogen-bond acceptors (Lipinski definition) is 5. The van der Waals surface area contributed by atoms with Crippen LogP contribution in [-0.4, -0.2) is 28.5 Å². The zero-order chi connectivity index (χ0) is 24.9. The molecule has 35 heavy (non-hydrogen) atoms. The molecule has 0 unspecified atom stereocenters. The maximum absolute atomic E-state index is 13.1. The second-order valence-corrected chi connectivity index (χ2v) is 9.14. The van der Waals surface area contributed by atoms with Crippen LogP contribution in [0, 0.1) is 19.7 Å². The second-order valence-electron chi connectivity index (χ2n) is 8.15. The van der Waals surface area contributed by atoms with E-state index in [0.29, 0.717) is 17.0 Å². The summed E-state index contributed by atoms with van der Waals surface area (Å²) in [6.45, 7) is 3.68. The molecule has 0 atom stereocenters. The molecule has 3 aromatic carbocycles. The van der Waals surface area contributed by atoms with Gasteiger partial charge in [0.2, 0.25) is 5.91 Å². The number of carbonyl (C=O) groups is 3. The number of para-hydroxylation sites is 1. The standard InChI is InChI=1S/C27H23FN2O4S/c1-17-11-18(2)13-22(12-17)29-25(31)15-30-26(32)24(35-27(30)33)14-20-5-3-4-6-23(20)34-16-19-7-9-21(28)10-8-19/h3-14H,15-16H2,1-2H3,(H,29,31)/b24-14-. The smallest absolute Gasteiger partial charge is 0.294 e. The predicted molar refractivity (Wildman–Crippen MR) is 134 cm³/mol. The van der Waals surface area contributed by atoms with Crippen molar-refractivity contribution in [2.75, 3.05) is 11.9 Å². The highest BCUT2D eigenvalue weighted by atomic mass is 32.2. The van der Waals surface area contributed by atoms with Crippen LogP contribution in [0.5, 0.6) is 5.75 Å². The van der Waals surface area contributed by atoms with Crippen LogP contribution in [0.25, 0.3) is 6.08 Å². The SMILES string of the molecule is Cc1cc(C)cc(NC(=O)CN2C(=O)S/C(=C\c3ccccc3OCc3ccc(F)cc3)C2=O)c1. The number of halogens is 1. The summed E-state index contributed by atoms with van der Waals surface area (Å²) in [5.74, 6) is -0.811. The van der Waals surface area contributed by atoms with Gasteiger partial charge in [-0.15, -0.1) is 0 Å². The molecule has 1 aliphatic heterocycles. The predicted octanol–water partition coefficient (Wildman–Crippen LogP) is 5.70. The van der Waals surface area contributed by atoms with Crippen molar-refractivity contribution in [2.45, 2.75) is 20.5 Å². The first-order chi connectivity index (χ1) is 16.8. The Bertz CT molecular complexity index is 1300. The molecule has 0 radical (unpaired) electrons. The minimum atomic E-state index is -0.538. The molecule has 0 spiro atoms. The van der Waals surface area contributed by atoms with Crippen LogP contribution in [-0.2, 0) is 16.2 Å². The van der Waals surface area contributed by atoms with Crippen LogP contribution < -0.4 is 10.1 Å². The second kappa shape index (κ2) is 10.6. The van der Waals surface area contributed by atoms with E-state index in [0.717, 1.165) is 33.4 Å². The third-order valence-corrected chi connectivity index (χ3v) is 6.10. The molecule has 3 amide bonds. The van der Waals surface area contributed by atoms with Crippen LogP contribution >= 0.6 is 11.8 Å². The van der Waals surface area contributed by atoms with E-state index in [1.807, 2.05) is 32.0 Å². The lowest BCUT2D eigenvalue weighted by molar-refractivity contribution is -0.127. The van der Waals surface area contributed by atoms with Crippen molar-refractivity contribution >= 4 is 40.6 Å². The number of benzene rings is 3. The van der Waals surface area contributed by atoms with Crippen LogP contribution in [0.1, 0.15) is 22.3 Å².